The molecule has 0 saturated heterocycles. The summed E-state index contributed by atoms with van der Waals surface area (Å²) in [6, 6.07) is 11.4. The molecular formula is C12H10BrNO2S. The predicted octanol–water partition coefficient (Wildman–Crippen LogP) is 4.26. The van der Waals surface area contributed by atoms with Crippen LogP contribution in [-0.4, -0.2) is 6.09 Å². The molecule has 1 aromatic heterocycles. The van der Waals surface area contributed by atoms with Crippen LogP contribution in [0.15, 0.2) is 45.6 Å². The molecule has 1 N–H and O–H groups in total. The molecule has 0 aliphatic heterocycles. The van der Waals surface area contributed by atoms with Crippen LogP contribution in [0.5, 0.6) is 0 Å². The lowest BCUT2D eigenvalue weighted by molar-refractivity contribution is 0.155. The Morgan fingerprint density at radius 3 is 2.71 bits per heavy atom. The van der Waals surface area contributed by atoms with Crippen molar-refractivity contribution in [1.82, 2.24) is 0 Å². The Bertz CT molecular complexity index is 498. The van der Waals surface area contributed by atoms with Crippen molar-refractivity contribution in [2.24, 2.45) is 0 Å². The summed E-state index contributed by atoms with van der Waals surface area (Å²) in [4.78, 5) is 11.5. The molecule has 5 heteroatoms. The van der Waals surface area contributed by atoms with Crippen LogP contribution in [0.1, 0.15) is 5.56 Å². The maximum absolute atomic E-state index is 11.5. The SMILES string of the molecule is O=C(Nc1ccsc1Br)OCc1ccccc1. The minimum atomic E-state index is -0.451. The van der Waals surface area contributed by atoms with Gasteiger partial charge in [0, 0.05) is 0 Å². The van der Waals surface area contributed by atoms with Gasteiger partial charge in [-0.15, -0.1) is 11.3 Å². The second-order valence-electron chi connectivity index (χ2n) is 3.29. The topological polar surface area (TPSA) is 38.3 Å². The number of anilines is 1. The van der Waals surface area contributed by atoms with Crippen molar-refractivity contribution < 1.29 is 9.53 Å². The van der Waals surface area contributed by atoms with Crippen LogP contribution in [0.3, 0.4) is 0 Å². The Kier molecular flexibility index (Phi) is 4.17. The third-order valence-corrected chi connectivity index (χ3v) is 3.75. The van der Waals surface area contributed by atoms with Crippen LogP contribution in [-0.2, 0) is 11.3 Å². The molecule has 0 aliphatic carbocycles. The highest BCUT2D eigenvalue weighted by molar-refractivity contribution is 9.11. The molecule has 0 fully saturated rings. The normalized spacial score (nSPS) is 9.94. The maximum Gasteiger partial charge on any atom is 0.412 e. The van der Waals surface area contributed by atoms with Gasteiger partial charge < -0.3 is 4.74 Å². The smallest absolute Gasteiger partial charge is 0.412 e. The van der Waals surface area contributed by atoms with E-state index in [4.69, 9.17) is 4.74 Å². The van der Waals surface area contributed by atoms with Crippen LogP contribution >= 0.6 is 27.3 Å². The predicted molar refractivity (Wildman–Crippen MR) is 72.3 cm³/mol. The second-order valence-corrected chi connectivity index (χ2v) is 5.53. The second kappa shape index (κ2) is 5.84. The van der Waals surface area contributed by atoms with E-state index in [0.717, 1.165) is 15.0 Å². The van der Waals surface area contributed by atoms with E-state index in [2.05, 4.69) is 21.2 Å². The van der Waals surface area contributed by atoms with Crippen LogP contribution in [0, 0.1) is 0 Å². The van der Waals surface area contributed by atoms with E-state index in [-0.39, 0.29) is 6.61 Å². The van der Waals surface area contributed by atoms with Crippen molar-refractivity contribution in [1.29, 1.82) is 0 Å². The van der Waals surface area contributed by atoms with Gasteiger partial charge in [-0.25, -0.2) is 4.79 Å². The minimum absolute atomic E-state index is 0.272. The molecule has 2 rings (SSSR count). The number of hydrogen-bond acceptors (Lipinski definition) is 3. The fourth-order valence-corrected chi connectivity index (χ4v) is 2.38. The van der Waals surface area contributed by atoms with Crippen molar-refractivity contribution >= 4 is 39.0 Å². The molecule has 0 unspecified atom stereocenters. The summed E-state index contributed by atoms with van der Waals surface area (Å²) in [5.74, 6) is 0. The zero-order chi connectivity index (χ0) is 12.1. The number of ether oxygens (including phenoxy) is 1. The Labute approximate surface area is 112 Å². The van der Waals surface area contributed by atoms with Crippen molar-refractivity contribution in [3.63, 3.8) is 0 Å². The van der Waals surface area contributed by atoms with Crippen molar-refractivity contribution in [2.75, 3.05) is 5.32 Å². The standard InChI is InChI=1S/C12H10BrNO2S/c13-11-10(6-7-17-11)14-12(15)16-8-9-4-2-1-3-5-9/h1-7H,8H2,(H,14,15). The first-order valence-corrected chi connectivity index (χ1v) is 6.63. The number of thiophene rings is 1. The van der Waals surface area contributed by atoms with Gasteiger partial charge in [0.2, 0.25) is 0 Å². The number of benzene rings is 1. The molecule has 2 aromatic rings. The summed E-state index contributed by atoms with van der Waals surface area (Å²) in [6.07, 6.45) is -0.451. The van der Waals surface area contributed by atoms with Crippen molar-refractivity contribution in [3.05, 3.63) is 51.1 Å². The number of carbonyl (C=O) groups is 1. The van der Waals surface area contributed by atoms with Gasteiger partial charge in [0.05, 0.1) is 9.47 Å². The Hall–Kier alpha value is -1.33. The van der Waals surface area contributed by atoms with Crippen LogP contribution in [0.25, 0.3) is 0 Å². The summed E-state index contributed by atoms with van der Waals surface area (Å²) in [5, 5.41) is 4.55. The van der Waals surface area contributed by atoms with E-state index in [1.807, 2.05) is 41.8 Å². The molecule has 0 atom stereocenters. The molecular weight excluding hydrogens is 302 g/mol. The minimum Gasteiger partial charge on any atom is -0.444 e. The average Bonchev–Trinajstić information content (AvgIpc) is 2.74. The summed E-state index contributed by atoms with van der Waals surface area (Å²) >= 11 is 4.85. The molecule has 3 nitrogen and oxygen atoms in total. The Morgan fingerprint density at radius 2 is 2.06 bits per heavy atom. The van der Waals surface area contributed by atoms with Gasteiger partial charge in [-0.2, -0.15) is 0 Å². The number of halogens is 1. The molecule has 17 heavy (non-hydrogen) atoms. The molecule has 1 amide bonds. The first-order chi connectivity index (χ1) is 8.25. The average molecular weight is 312 g/mol. The molecule has 88 valence electrons. The maximum atomic E-state index is 11.5. The zero-order valence-electron chi connectivity index (χ0n) is 8.85. The van der Waals surface area contributed by atoms with Crippen molar-refractivity contribution in [3.8, 4) is 0 Å². The van der Waals surface area contributed by atoms with Gasteiger partial charge in [0.15, 0.2) is 0 Å². The third-order valence-electron chi connectivity index (χ3n) is 2.07. The number of carbonyl (C=O) groups excluding carboxylic acids is 1. The monoisotopic (exact) mass is 311 g/mol. The van der Waals surface area contributed by atoms with Gasteiger partial charge in [-0.3, -0.25) is 5.32 Å². The molecule has 0 aliphatic rings. The van der Waals surface area contributed by atoms with Gasteiger partial charge in [-0.05, 0) is 32.9 Å². The zero-order valence-corrected chi connectivity index (χ0v) is 11.3. The lowest BCUT2D eigenvalue weighted by Crippen LogP contribution is -2.13. The Morgan fingerprint density at radius 1 is 1.29 bits per heavy atom. The first kappa shape index (κ1) is 12.1. The third kappa shape index (κ3) is 3.57. The lowest BCUT2D eigenvalue weighted by atomic mass is 10.2. The summed E-state index contributed by atoms with van der Waals surface area (Å²) in [6.45, 7) is 0.272. The van der Waals surface area contributed by atoms with Gasteiger partial charge in [-0.1, -0.05) is 30.3 Å². The van der Waals surface area contributed by atoms with E-state index < -0.39 is 6.09 Å². The number of hydrogen-bond donors (Lipinski definition) is 1. The fraction of sp³-hybridized carbons (Fsp3) is 0.0833. The summed E-state index contributed by atoms with van der Waals surface area (Å²) < 4.78 is 5.97. The quantitative estimate of drug-likeness (QED) is 0.919. The number of amides is 1. The van der Waals surface area contributed by atoms with Gasteiger partial charge in [0.25, 0.3) is 0 Å². The molecule has 1 heterocycles. The van der Waals surface area contributed by atoms with Gasteiger partial charge >= 0.3 is 6.09 Å². The van der Waals surface area contributed by atoms with E-state index in [1.165, 1.54) is 11.3 Å². The first-order valence-electron chi connectivity index (χ1n) is 4.96. The highest BCUT2D eigenvalue weighted by Crippen LogP contribution is 2.28. The highest BCUT2D eigenvalue weighted by atomic mass is 79.9. The van der Waals surface area contributed by atoms with E-state index in [1.54, 1.807) is 0 Å². The molecule has 1 aromatic carbocycles. The van der Waals surface area contributed by atoms with E-state index in [0.29, 0.717) is 0 Å². The largest absolute Gasteiger partial charge is 0.444 e. The van der Waals surface area contributed by atoms with Crippen LogP contribution in [0.4, 0.5) is 10.5 Å². The highest BCUT2D eigenvalue weighted by Gasteiger charge is 2.07. The lowest BCUT2D eigenvalue weighted by Gasteiger charge is -2.06. The molecule has 0 radical (unpaired) electrons. The van der Waals surface area contributed by atoms with Crippen LogP contribution < -0.4 is 5.32 Å². The Balaban J connectivity index is 1.85. The summed E-state index contributed by atoms with van der Waals surface area (Å²) in [7, 11) is 0. The molecule has 0 spiro atoms. The molecule has 0 bridgehead atoms. The number of nitrogens with one attached hydrogen (secondary N) is 1. The van der Waals surface area contributed by atoms with Crippen LogP contribution in [0.2, 0.25) is 0 Å². The fourth-order valence-electron chi connectivity index (χ4n) is 1.25. The number of rotatable bonds is 3. The van der Waals surface area contributed by atoms with Gasteiger partial charge in [0.1, 0.15) is 6.61 Å². The molecule has 0 saturated carbocycles. The van der Waals surface area contributed by atoms with E-state index in [9.17, 15) is 4.79 Å². The van der Waals surface area contributed by atoms with Crippen molar-refractivity contribution in [2.45, 2.75) is 6.61 Å². The summed E-state index contributed by atoms with van der Waals surface area (Å²) in [5.41, 5.74) is 1.69. The van der Waals surface area contributed by atoms with E-state index >= 15 is 0 Å².